The van der Waals surface area contributed by atoms with E-state index in [4.69, 9.17) is 30.2 Å². The van der Waals surface area contributed by atoms with Gasteiger partial charge in [0.1, 0.15) is 11.3 Å². The molecule has 1 atom stereocenters. The van der Waals surface area contributed by atoms with E-state index in [0.717, 1.165) is 35.3 Å². The number of benzene rings is 3. The van der Waals surface area contributed by atoms with Gasteiger partial charge in [0.25, 0.3) is 5.91 Å². The molecule has 2 heterocycles. The largest absolute Gasteiger partial charge is 0.494 e. The van der Waals surface area contributed by atoms with Crippen LogP contribution in [-0.2, 0) is 6.42 Å². The molecule has 1 aliphatic heterocycles. The van der Waals surface area contributed by atoms with Gasteiger partial charge in [0.05, 0.1) is 37.8 Å². The lowest BCUT2D eigenvalue weighted by Gasteiger charge is -2.25. The minimum Gasteiger partial charge on any atom is -0.494 e. The number of hydrogen-bond donors (Lipinski definition) is 0. The van der Waals surface area contributed by atoms with Crippen molar-refractivity contribution in [2.75, 3.05) is 27.4 Å². The van der Waals surface area contributed by atoms with E-state index in [9.17, 15) is 9.59 Å². The highest BCUT2D eigenvalue weighted by Crippen LogP contribution is 2.39. The van der Waals surface area contributed by atoms with Gasteiger partial charge in [-0.2, -0.15) is 0 Å². The van der Waals surface area contributed by atoms with Crippen molar-refractivity contribution in [3.05, 3.63) is 97.9 Å². The Labute approximate surface area is 238 Å². The van der Waals surface area contributed by atoms with Crippen molar-refractivity contribution >= 4 is 28.5 Å². The number of carbonyl (C=O) groups is 1. The Kier molecular flexibility index (Phi) is 8.03. The van der Waals surface area contributed by atoms with E-state index in [1.807, 2.05) is 49.4 Å². The van der Waals surface area contributed by atoms with E-state index < -0.39 is 6.04 Å². The van der Waals surface area contributed by atoms with Crippen molar-refractivity contribution in [3.63, 3.8) is 0 Å². The summed E-state index contributed by atoms with van der Waals surface area (Å²) in [7, 11) is 3.18. The Morgan fingerprint density at radius 1 is 0.975 bits per heavy atom. The zero-order chi connectivity index (χ0) is 28.4. The molecule has 8 heteroatoms. The van der Waals surface area contributed by atoms with E-state index in [2.05, 4.69) is 6.92 Å². The van der Waals surface area contributed by atoms with Crippen molar-refractivity contribution in [3.8, 4) is 17.2 Å². The summed E-state index contributed by atoms with van der Waals surface area (Å²) in [5, 5.41) is 0.827. The van der Waals surface area contributed by atoms with Gasteiger partial charge in [-0.1, -0.05) is 43.1 Å². The van der Waals surface area contributed by atoms with Crippen molar-refractivity contribution in [2.45, 2.75) is 39.2 Å². The Bertz CT molecular complexity index is 1610. The fraction of sp³-hybridized carbons (Fsp3) is 0.312. The summed E-state index contributed by atoms with van der Waals surface area (Å²) in [5.74, 6) is 1.73. The molecule has 40 heavy (non-hydrogen) atoms. The molecular formula is C32H32ClNO6. The lowest BCUT2D eigenvalue weighted by atomic mass is 9.98. The number of aryl methyl sites for hydroxylation is 1. The van der Waals surface area contributed by atoms with Gasteiger partial charge in [0, 0.05) is 11.6 Å². The van der Waals surface area contributed by atoms with Crippen molar-refractivity contribution in [2.24, 2.45) is 0 Å². The number of halogens is 1. The van der Waals surface area contributed by atoms with E-state index in [-0.39, 0.29) is 17.1 Å². The molecule has 1 aromatic heterocycles. The van der Waals surface area contributed by atoms with Gasteiger partial charge in [-0.3, -0.25) is 9.59 Å². The lowest BCUT2D eigenvalue weighted by Crippen LogP contribution is -2.31. The molecule has 7 nitrogen and oxygen atoms in total. The number of fused-ring (bicyclic) bond motifs is 2. The first kappa shape index (κ1) is 27.6. The molecule has 0 saturated carbocycles. The van der Waals surface area contributed by atoms with Crippen LogP contribution in [0.5, 0.6) is 17.2 Å². The van der Waals surface area contributed by atoms with Crippen LogP contribution in [0.25, 0.3) is 11.0 Å². The zero-order valence-electron chi connectivity index (χ0n) is 23.1. The maximum absolute atomic E-state index is 13.9. The molecule has 0 aliphatic carbocycles. The minimum absolute atomic E-state index is 0.0693. The van der Waals surface area contributed by atoms with E-state index in [1.54, 1.807) is 31.3 Å². The predicted octanol–water partition coefficient (Wildman–Crippen LogP) is 6.74. The summed E-state index contributed by atoms with van der Waals surface area (Å²) in [6, 6.07) is 16.0. The number of amides is 1. The number of methoxy groups -OCH3 is 2. The molecule has 0 fully saturated rings. The van der Waals surface area contributed by atoms with Gasteiger partial charge in [0.15, 0.2) is 16.9 Å². The molecule has 0 spiro atoms. The van der Waals surface area contributed by atoms with Crippen LogP contribution < -0.4 is 19.6 Å². The number of rotatable bonds is 10. The summed E-state index contributed by atoms with van der Waals surface area (Å²) in [6.45, 7) is 4.93. The normalized spacial score (nSPS) is 14.5. The fourth-order valence-corrected chi connectivity index (χ4v) is 5.25. The number of unbranched alkanes of at least 4 members (excludes halogenated alkanes) is 1. The first-order chi connectivity index (χ1) is 19.4. The molecule has 5 rings (SSSR count). The van der Waals surface area contributed by atoms with Gasteiger partial charge in [-0.15, -0.1) is 0 Å². The van der Waals surface area contributed by atoms with Crippen LogP contribution in [0.15, 0.2) is 63.8 Å². The van der Waals surface area contributed by atoms with Crippen molar-refractivity contribution in [1.29, 1.82) is 0 Å². The third-order valence-electron chi connectivity index (χ3n) is 7.30. The molecule has 1 aliphatic rings. The van der Waals surface area contributed by atoms with Crippen LogP contribution in [0.4, 0.5) is 0 Å². The Morgan fingerprint density at radius 3 is 2.42 bits per heavy atom. The topological polar surface area (TPSA) is 78.2 Å². The lowest BCUT2D eigenvalue weighted by molar-refractivity contribution is 0.0730. The number of nitrogens with zero attached hydrogens (tertiary/aromatic N) is 1. The van der Waals surface area contributed by atoms with Crippen LogP contribution in [-0.4, -0.2) is 38.2 Å². The molecule has 3 aromatic carbocycles. The summed E-state index contributed by atoms with van der Waals surface area (Å²) in [6.07, 6.45) is 2.54. The first-order valence-electron chi connectivity index (χ1n) is 13.4. The number of hydrogen-bond acceptors (Lipinski definition) is 6. The van der Waals surface area contributed by atoms with E-state index >= 15 is 0 Å². The maximum Gasteiger partial charge on any atom is 0.290 e. The van der Waals surface area contributed by atoms with Gasteiger partial charge >= 0.3 is 0 Å². The second-order valence-corrected chi connectivity index (χ2v) is 10.3. The highest BCUT2D eigenvalue weighted by Gasteiger charge is 2.42. The van der Waals surface area contributed by atoms with Gasteiger partial charge in [0.2, 0.25) is 5.76 Å². The van der Waals surface area contributed by atoms with Gasteiger partial charge < -0.3 is 23.5 Å². The second kappa shape index (κ2) is 11.6. The van der Waals surface area contributed by atoms with Crippen LogP contribution in [0, 0.1) is 6.92 Å². The number of carbonyl (C=O) groups excluding carboxylic acids is 1. The zero-order valence-corrected chi connectivity index (χ0v) is 23.8. The summed E-state index contributed by atoms with van der Waals surface area (Å²) < 4.78 is 22.8. The summed E-state index contributed by atoms with van der Waals surface area (Å²) >= 11 is 6.36. The Morgan fingerprint density at radius 2 is 1.73 bits per heavy atom. The quantitative estimate of drug-likeness (QED) is 0.200. The van der Waals surface area contributed by atoms with Crippen molar-refractivity contribution in [1.82, 2.24) is 4.90 Å². The van der Waals surface area contributed by atoms with Crippen LogP contribution >= 0.6 is 11.6 Å². The molecule has 1 unspecified atom stereocenters. The van der Waals surface area contributed by atoms with Gasteiger partial charge in [-0.25, -0.2) is 0 Å². The summed E-state index contributed by atoms with van der Waals surface area (Å²) in [4.78, 5) is 29.4. The molecule has 0 N–H and O–H groups in total. The maximum atomic E-state index is 13.9. The average molecular weight is 562 g/mol. The second-order valence-electron chi connectivity index (χ2n) is 9.88. The van der Waals surface area contributed by atoms with Crippen molar-refractivity contribution < 1.29 is 23.4 Å². The standard InChI is InChI=1S/C32H32ClNO6/c1-5-6-15-39-22-10-8-21(9-11-22)29-28-30(35)23-18-24(33)19(2)16-26(23)40-31(28)32(36)34(29)14-13-20-7-12-25(37-3)27(17-20)38-4/h7-12,16-18,29H,5-6,13-15H2,1-4H3. The fourth-order valence-electron chi connectivity index (χ4n) is 5.08. The Balaban J connectivity index is 1.55. The predicted molar refractivity (Wildman–Crippen MR) is 155 cm³/mol. The Hall–Kier alpha value is -3.97. The van der Waals surface area contributed by atoms with Crippen LogP contribution in [0.1, 0.15) is 58.6 Å². The third-order valence-corrected chi connectivity index (χ3v) is 7.71. The molecule has 0 bridgehead atoms. The molecule has 208 valence electrons. The van der Waals surface area contributed by atoms with Crippen LogP contribution in [0.3, 0.4) is 0 Å². The SMILES string of the molecule is CCCCOc1ccc(C2c3c(oc4cc(C)c(Cl)cc4c3=O)C(=O)N2CCc2ccc(OC)c(OC)c2)cc1. The number of ether oxygens (including phenoxy) is 3. The highest BCUT2D eigenvalue weighted by atomic mass is 35.5. The van der Waals surface area contributed by atoms with E-state index in [0.29, 0.717) is 52.6 Å². The molecule has 4 aromatic rings. The summed E-state index contributed by atoms with van der Waals surface area (Å²) in [5.41, 5.74) is 2.94. The molecule has 0 saturated heterocycles. The molecule has 0 radical (unpaired) electrons. The monoisotopic (exact) mass is 561 g/mol. The third kappa shape index (κ3) is 5.13. The highest BCUT2D eigenvalue weighted by molar-refractivity contribution is 6.32. The molecule has 1 amide bonds. The smallest absolute Gasteiger partial charge is 0.290 e. The minimum atomic E-state index is -0.618. The average Bonchev–Trinajstić information content (AvgIpc) is 3.24. The molecular weight excluding hydrogens is 530 g/mol. The van der Waals surface area contributed by atoms with Gasteiger partial charge in [-0.05, 0) is 72.9 Å². The van der Waals surface area contributed by atoms with E-state index in [1.165, 1.54) is 0 Å². The van der Waals surface area contributed by atoms with Crippen LogP contribution in [0.2, 0.25) is 5.02 Å². The first-order valence-corrected chi connectivity index (χ1v) is 13.8.